The predicted molar refractivity (Wildman–Crippen MR) is 64.8 cm³/mol. The molecular formula is C12H12N4O. The number of benzene rings is 1. The Labute approximate surface area is 99.9 Å². The summed E-state index contributed by atoms with van der Waals surface area (Å²) in [5.41, 5.74) is 5.18. The van der Waals surface area contributed by atoms with Crippen molar-refractivity contribution in [1.82, 2.24) is 0 Å². The van der Waals surface area contributed by atoms with Gasteiger partial charge in [0, 0.05) is 0 Å². The van der Waals surface area contributed by atoms with Gasteiger partial charge in [0.05, 0.1) is 12.8 Å². The lowest BCUT2D eigenvalue weighted by atomic mass is 10.1. The van der Waals surface area contributed by atoms with Gasteiger partial charge in [0.1, 0.15) is 17.9 Å². The van der Waals surface area contributed by atoms with E-state index in [2.05, 4.69) is 10.5 Å². The maximum absolute atomic E-state index is 8.55. The third-order valence-corrected chi connectivity index (χ3v) is 2.46. The molecule has 0 aromatic heterocycles. The number of hydrogen-bond donors (Lipinski definition) is 1. The Morgan fingerprint density at radius 3 is 2.41 bits per heavy atom. The van der Waals surface area contributed by atoms with Crippen molar-refractivity contribution < 1.29 is 4.74 Å². The summed E-state index contributed by atoms with van der Waals surface area (Å²) < 4.78 is 5.18. The SMILES string of the molecule is COc1ccc(NN=C(C#N)C#N)c(C)c1C. The number of anilines is 1. The molecule has 5 nitrogen and oxygen atoms in total. The van der Waals surface area contributed by atoms with Crippen LogP contribution in [0.1, 0.15) is 11.1 Å². The van der Waals surface area contributed by atoms with Crippen molar-refractivity contribution in [2.24, 2.45) is 5.10 Å². The van der Waals surface area contributed by atoms with Crippen molar-refractivity contribution in [1.29, 1.82) is 10.5 Å². The van der Waals surface area contributed by atoms with Crippen LogP contribution >= 0.6 is 0 Å². The maximum Gasteiger partial charge on any atom is 0.237 e. The van der Waals surface area contributed by atoms with Crippen LogP contribution in [0.4, 0.5) is 5.69 Å². The molecule has 0 spiro atoms. The number of nitrogens with one attached hydrogen (secondary N) is 1. The summed E-state index contributed by atoms with van der Waals surface area (Å²) in [6.07, 6.45) is 0. The van der Waals surface area contributed by atoms with Gasteiger partial charge in [-0.05, 0) is 37.1 Å². The number of methoxy groups -OCH3 is 1. The first-order chi connectivity index (χ1) is 8.13. The Morgan fingerprint density at radius 1 is 1.24 bits per heavy atom. The Kier molecular flexibility index (Phi) is 4.08. The minimum Gasteiger partial charge on any atom is -0.496 e. The van der Waals surface area contributed by atoms with Crippen molar-refractivity contribution in [3.63, 3.8) is 0 Å². The standard InChI is InChI=1S/C12H12N4O/c1-8-9(2)12(17-3)5-4-11(8)16-15-10(6-13)7-14/h4-5,16H,1-3H3. The first-order valence-corrected chi connectivity index (χ1v) is 4.92. The van der Waals surface area contributed by atoms with Crippen LogP contribution in [0.3, 0.4) is 0 Å². The van der Waals surface area contributed by atoms with Gasteiger partial charge < -0.3 is 4.74 Å². The summed E-state index contributed by atoms with van der Waals surface area (Å²) >= 11 is 0. The first-order valence-electron chi connectivity index (χ1n) is 4.92. The van der Waals surface area contributed by atoms with Gasteiger partial charge in [-0.3, -0.25) is 5.43 Å². The van der Waals surface area contributed by atoms with E-state index in [0.29, 0.717) is 0 Å². The molecule has 1 aromatic carbocycles. The summed E-state index contributed by atoms with van der Waals surface area (Å²) in [5, 5.41) is 20.8. The average Bonchev–Trinajstić information content (AvgIpc) is 2.35. The van der Waals surface area contributed by atoms with Crippen molar-refractivity contribution in [2.45, 2.75) is 13.8 Å². The molecule has 5 heteroatoms. The lowest BCUT2D eigenvalue weighted by Crippen LogP contribution is -2.00. The molecule has 86 valence electrons. The van der Waals surface area contributed by atoms with E-state index in [4.69, 9.17) is 15.3 Å². The number of hydrazone groups is 1. The zero-order valence-corrected chi connectivity index (χ0v) is 9.90. The molecule has 0 heterocycles. The Bertz CT molecular complexity index is 519. The van der Waals surface area contributed by atoms with E-state index in [9.17, 15) is 0 Å². The molecule has 1 aromatic rings. The third-order valence-electron chi connectivity index (χ3n) is 2.46. The molecule has 1 N–H and O–H groups in total. The van der Waals surface area contributed by atoms with Crippen molar-refractivity contribution in [2.75, 3.05) is 12.5 Å². The lowest BCUT2D eigenvalue weighted by Gasteiger charge is -2.11. The molecule has 0 aliphatic heterocycles. The molecule has 0 aliphatic rings. The molecule has 0 saturated carbocycles. The third kappa shape index (κ3) is 2.73. The lowest BCUT2D eigenvalue weighted by molar-refractivity contribution is 0.411. The Balaban J connectivity index is 3.03. The highest BCUT2D eigenvalue weighted by atomic mass is 16.5. The van der Waals surface area contributed by atoms with Gasteiger partial charge in [0.25, 0.3) is 0 Å². The number of nitriles is 2. The van der Waals surface area contributed by atoms with Crippen LogP contribution in [0.5, 0.6) is 5.75 Å². The second-order valence-electron chi connectivity index (χ2n) is 3.36. The van der Waals surface area contributed by atoms with Crippen LogP contribution in [-0.4, -0.2) is 12.8 Å². The summed E-state index contributed by atoms with van der Waals surface area (Å²) in [6, 6.07) is 6.95. The van der Waals surface area contributed by atoms with Gasteiger partial charge >= 0.3 is 0 Å². The summed E-state index contributed by atoms with van der Waals surface area (Å²) in [6.45, 7) is 3.84. The minimum absolute atomic E-state index is 0.210. The van der Waals surface area contributed by atoms with Crippen molar-refractivity contribution in [3.05, 3.63) is 23.3 Å². The molecule has 0 fully saturated rings. The Hall–Kier alpha value is -2.53. The fourth-order valence-electron chi connectivity index (χ4n) is 1.33. The van der Waals surface area contributed by atoms with Gasteiger partial charge in [-0.15, -0.1) is 0 Å². The zero-order valence-electron chi connectivity index (χ0n) is 9.90. The van der Waals surface area contributed by atoms with E-state index in [1.165, 1.54) is 0 Å². The molecule has 0 saturated heterocycles. The second kappa shape index (κ2) is 5.53. The number of rotatable bonds is 3. The molecule has 0 aliphatic carbocycles. The van der Waals surface area contributed by atoms with Crippen LogP contribution in [0.2, 0.25) is 0 Å². The molecule has 0 radical (unpaired) electrons. The summed E-state index contributed by atoms with van der Waals surface area (Å²) in [5.74, 6) is 0.790. The molecule has 0 amide bonds. The number of ether oxygens (including phenoxy) is 1. The van der Waals surface area contributed by atoms with E-state index < -0.39 is 0 Å². The highest BCUT2D eigenvalue weighted by molar-refractivity contribution is 6.10. The summed E-state index contributed by atoms with van der Waals surface area (Å²) in [4.78, 5) is 0. The van der Waals surface area contributed by atoms with Gasteiger partial charge in [-0.25, -0.2) is 0 Å². The molecule has 0 atom stereocenters. The smallest absolute Gasteiger partial charge is 0.237 e. The monoisotopic (exact) mass is 228 g/mol. The van der Waals surface area contributed by atoms with Gasteiger partial charge in [-0.1, -0.05) is 0 Å². The zero-order chi connectivity index (χ0) is 12.8. The first kappa shape index (κ1) is 12.5. The van der Waals surface area contributed by atoms with Crippen molar-refractivity contribution in [3.8, 4) is 17.9 Å². The van der Waals surface area contributed by atoms with Crippen LogP contribution < -0.4 is 10.2 Å². The number of nitrogens with zero attached hydrogens (tertiary/aromatic N) is 3. The fourth-order valence-corrected chi connectivity index (χ4v) is 1.33. The van der Waals surface area contributed by atoms with Crippen LogP contribution in [0, 0.1) is 36.5 Å². The maximum atomic E-state index is 8.55. The average molecular weight is 228 g/mol. The van der Waals surface area contributed by atoms with E-state index >= 15 is 0 Å². The molecule has 0 bridgehead atoms. The normalized spacial score (nSPS) is 8.76. The molecular weight excluding hydrogens is 216 g/mol. The summed E-state index contributed by atoms with van der Waals surface area (Å²) in [7, 11) is 1.61. The Morgan fingerprint density at radius 2 is 1.88 bits per heavy atom. The van der Waals surface area contributed by atoms with E-state index in [0.717, 1.165) is 22.6 Å². The van der Waals surface area contributed by atoms with Crippen LogP contribution in [-0.2, 0) is 0 Å². The largest absolute Gasteiger partial charge is 0.496 e. The highest BCUT2D eigenvalue weighted by Gasteiger charge is 2.06. The van der Waals surface area contributed by atoms with Crippen molar-refractivity contribution >= 4 is 11.4 Å². The quantitative estimate of drug-likeness (QED) is 0.634. The minimum atomic E-state index is -0.210. The van der Waals surface area contributed by atoms with E-state index in [-0.39, 0.29) is 5.71 Å². The topological polar surface area (TPSA) is 81.2 Å². The fraction of sp³-hybridized carbons (Fsp3) is 0.250. The van der Waals surface area contributed by atoms with Crippen LogP contribution in [0.15, 0.2) is 17.2 Å². The van der Waals surface area contributed by atoms with Gasteiger partial charge in [0.2, 0.25) is 5.71 Å². The van der Waals surface area contributed by atoms with Gasteiger partial charge in [-0.2, -0.15) is 15.6 Å². The van der Waals surface area contributed by atoms with Gasteiger partial charge in [0.15, 0.2) is 0 Å². The number of hydrogen-bond acceptors (Lipinski definition) is 5. The highest BCUT2D eigenvalue weighted by Crippen LogP contribution is 2.27. The molecule has 1 rings (SSSR count). The van der Waals surface area contributed by atoms with Crippen LogP contribution in [0.25, 0.3) is 0 Å². The molecule has 17 heavy (non-hydrogen) atoms. The van der Waals surface area contributed by atoms with E-state index in [1.54, 1.807) is 31.4 Å². The molecule has 0 unspecified atom stereocenters. The second-order valence-corrected chi connectivity index (χ2v) is 3.36. The predicted octanol–water partition coefficient (Wildman–Crippen LogP) is 2.13. The van der Waals surface area contributed by atoms with E-state index in [1.807, 2.05) is 13.8 Å².